The lowest BCUT2D eigenvalue weighted by atomic mass is 9.87. The number of rotatable bonds is 7. The Kier molecular flexibility index (Phi) is 10.3. The minimum Gasteiger partial charge on any atom is -0.493 e. The number of nitrogens with zero attached hydrogens (tertiary/aromatic N) is 2. The molecule has 1 N–H and O–H groups in total. The summed E-state index contributed by atoms with van der Waals surface area (Å²) < 4.78 is 11.2. The number of likely N-dealkylation sites (N-methyl/N-ethyl adjacent to an activating group) is 1. The average Bonchev–Trinajstić information content (AvgIpc) is 2.78. The van der Waals surface area contributed by atoms with Crippen molar-refractivity contribution >= 4 is 30.3 Å². The molecule has 0 aromatic heterocycles. The van der Waals surface area contributed by atoms with Crippen molar-refractivity contribution in [1.29, 1.82) is 0 Å². The molecule has 1 aliphatic carbocycles. The number of nitrogens with one attached hydrogen (secondary N) is 1. The van der Waals surface area contributed by atoms with Crippen LogP contribution >= 0.6 is 12.4 Å². The SMILES string of the molecule is COc1cc(/C=C/C(=O)NC2CCC(C)CC2)ccc1OCC(=O)N1CCN(C)CC1.Cl. The van der Waals surface area contributed by atoms with Gasteiger partial charge in [0.1, 0.15) is 0 Å². The monoisotopic (exact) mass is 465 g/mol. The van der Waals surface area contributed by atoms with Crippen molar-refractivity contribution in [2.24, 2.45) is 5.92 Å². The highest BCUT2D eigenvalue weighted by Gasteiger charge is 2.20. The number of amides is 2. The molecule has 1 heterocycles. The van der Waals surface area contributed by atoms with Crippen molar-refractivity contribution in [3.63, 3.8) is 0 Å². The Bertz CT molecular complexity index is 785. The number of hydrogen-bond donors (Lipinski definition) is 1. The summed E-state index contributed by atoms with van der Waals surface area (Å²) >= 11 is 0. The molecule has 1 saturated carbocycles. The summed E-state index contributed by atoms with van der Waals surface area (Å²) in [4.78, 5) is 28.7. The first-order chi connectivity index (χ1) is 14.9. The van der Waals surface area contributed by atoms with E-state index in [0.717, 1.165) is 50.5 Å². The van der Waals surface area contributed by atoms with E-state index in [2.05, 4.69) is 24.2 Å². The maximum atomic E-state index is 12.4. The number of ether oxygens (including phenoxy) is 2. The van der Waals surface area contributed by atoms with E-state index in [1.165, 1.54) is 12.8 Å². The minimum absolute atomic E-state index is 0. The Morgan fingerprint density at radius 1 is 1.09 bits per heavy atom. The third kappa shape index (κ3) is 7.71. The van der Waals surface area contributed by atoms with Crippen LogP contribution in [-0.4, -0.2) is 74.6 Å². The van der Waals surface area contributed by atoms with Crippen LogP contribution in [0.25, 0.3) is 6.08 Å². The Morgan fingerprint density at radius 2 is 1.78 bits per heavy atom. The van der Waals surface area contributed by atoms with Crippen LogP contribution in [0.1, 0.15) is 38.2 Å². The largest absolute Gasteiger partial charge is 0.493 e. The molecule has 1 aliphatic heterocycles. The molecule has 0 unspecified atom stereocenters. The molecule has 1 saturated heterocycles. The fourth-order valence-electron chi connectivity index (χ4n) is 4.02. The molecule has 32 heavy (non-hydrogen) atoms. The van der Waals surface area contributed by atoms with Gasteiger partial charge in [-0.1, -0.05) is 13.0 Å². The maximum Gasteiger partial charge on any atom is 0.260 e. The van der Waals surface area contributed by atoms with E-state index >= 15 is 0 Å². The van der Waals surface area contributed by atoms with Gasteiger partial charge in [0.15, 0.2) is 18.1 Å². The molecule has 0 spiro atoms. The van der Waals surface area contributed by atoms with Crippen LogP contribution in [-0.2, 0) is 9.59 Å². The number of hydrogen-bond acceptors (Lipinski definition) is 5. The molecule has 3 rings (SSSR count). The topological polar surface area (TPSA) is 71.1 Å². The predicted octanol–water partition coefficient (Wildman–Crippen LogP) is 2.98. The summed E-state index contributed by atoms with van der Waals surface area (Å²) in [6, 6.07) is 5.71. The Morgan fingerprint density at radius 3 is 2.44 bits per heavy atom. The molecule has 2 fully saturated rings. The molecule has 0 bridgehead atoms. The lowest BCUT2D eigenvalue weighted by molar-refractivity contribution is -0.135. The van der Waals surface area contributed by atoms with Crippen molar-refractivity contribution in [2.45, 2.75) is 38.6 Å². The van der Waals surface area contributed by atoms with Crippen molar-refractivity contribution < 1.29 is 19.1 Å². The Hall–Kier alpha value is -2.25. The van der Waals surface area contributed by atoms with Gasteiger partial charge in [-0.25, -0.2) is 0 Å². The predicted molar refractivity (Wildman–Crippen MR) is 128 cm³/mol. The second kappa shape index (κ2) is 12.7. The molecule has 8 heteroatoms. The van der Waals surface area contributed by atoms with Crippen LogP contribution in [0, 0.1) is 5.92 Å². The van der Waals surface area contributed by atoms with Gasteiger partial charge in [0.2, 0.25) is 5.91 Å². The summed E-state index contributed by atoms with van der Waals surface area (Å²) in [6.07, 6.45) is 7.77. The van der Waals surface area contributed by atoms with Gasteiger partial charge < -0.3 is 24.6 Å². The van der Waals surface area contributed by atoms with Gasteiger partial charge in [-0.3, -0.25) is 9.59 Å². The second-order valence-corrected chi connectivity index (χ2v) is 8.68. The molecule has 178 valence electrons. The van der Waals surface area contributed by atoms with Gasteiger partial charge in [0, 0.05) is 38.3 Å². The minimum atomic E-state index is -0.0726. The number of halogens is 1. The molecule has 2 aliphatic rings. The number of methoxy groups -OCH3 is 1. The zero-order chi connectivity index (χ0) is 22.2. The number of carbonyl (C=O) groups is 2. The van der Waals surface area contributed by atoms with Crippen LogP contribution in [0.2, 0.25) is 0 Å². The first kappa shape index (κ1) is 26.0. The van der Waals surface area contributed by atoms with Gasteiger partial charge in [0.25, 0.3) is 5.91 Å². The molecule has 1 aromatic rings. The standard InChI is InChI=1S/C24H35N3O4.ClH/c1-18-4-8-20(9-5-18)25-23(28)11-7-19-6-10-21(22(16-19)30-3)31-17-24(29)27-14-12-26(2)13-15-27;/h6-7,10-11,16,18,20H,4-5,8-9,12-15,17H2,1-3H3,(H,25,28);1H/b11-7+;. The number of carbonyl (C=O) groups excluding carboxylic acids is 2. The van der Waals surface area contributed by atoms with Gasteiger partial charge in [-0.05, 0) is 62.4 Å². The third-order valence-electron chi connectivity index (χ3n) is 6.18. The van der Waals surface area contributed by atoms with Crippen LogP contribution in [0.4, 0.5) is 0 Å². The third-order valence-corrected chi connectivity index (χ3v) is 6.18. The van der Waals surface area contributed by atoms with Gasteiger partial charge in [-0.15, -0.1) is 12.4 Å². The van der Waals surface area contributed by atoms with E-state index in [4.69, 9.17) is 9.47 Å². The van der Waals surface area contributed by atoms with Crippen LogP contribution in [0.3, 0.4) is 0 Å². The lowest BCUT2D eigenvalue weighted by Crippen LogP contribution is -2.48. The molecule has 0 atom stereocenters. The highest BCUT2D eigenvalue weighted by Crippen LogP contribution is 2.29. The zero-order valence-electron chi connectivity index (χ0n) is 19.3. The normalized spacial score (nSPS) is 21.7. The van der Waals surface area contributed by atoms with E-state index in [-0.39, 0.29) is 36.9 Å². The van der Waals surface area contributed by atoms with Crippen molar-refractivity contribution in [3.8, 4) is 11.5 Å². The Labute approximate surface area is 197 Å². The molecule has 1 aromatic carbocycles. The van der Waals surface area contributed by atoms with Gasteiger partial charge in [0.05, 0.1) is 7.11 Å². The first-order valence-corrected chi connectivity index (χ1v) is 11.2. The highest BCUT2D eigenvalue weighted by atomic mass is 35.5. The molecular weight excluding hydrogens is 430 g/mol. The average molecular weight is 466 g/mol. The lowest BCUT2D eigenvalue weighted by Gasteiger charge is -2.32. The van der Waals surface area contributed by atoms with Gasteiger partial charge in [-0.2, -0.15) is 0 Å². The van der Waals surface area contributed by atoms with Crippen LogP contribution in [0.15, 0.2) is 24.3 Å². The summed E-state index contributed by atoms with van der Waals surface area (Å²) in [5, 5.41) is 3.09. The molecular formula is C24H36ClN3O4. The fourth-order valence-corrected chi connectivity index (χ4v) is 4.02. The Balaban J connectivity index is 0.00000363. The van der Waals surface area contributed by atoms with E-state index in [9.17, 15) is 9.59 Å². The second-order valence-electron chi connectivity index (χ2n) is 8.68. The van der Waals surface area contributed by atoms with Crippen LogP contribution < -0.4 is 14.8 Å². The quantitative estimate of drug-likeness (QED) is 0.627. The van der Waals surface area contributed by atoms with Gasteiger partial charge >= 0.3 is 0 Å². The molecule has 0 radical (unpaired) electrons. The number of piperazine rings is 1. The maximum absolute atomic E-state index is 12.4. The molecule has 2 amide bonds. The highest BCUT2D eigenvalue weighted by molar-refractivity contribution is 5.92. The summed E-state index contributed by atoms with van der Waals surface area (Å²) in [6.45, 7) is 5.45. The van der Waals surface area contributed by atoms with Crippen LogP contribution in [0.5, 0.6) is 11.5 Å². The van der Waals surface area contributed by atoms with Crippen molar-refractivity contribution in [1.82, 2.24) is 15.1 Å². The summed E-state index contributed by atoms with van der Waals surface area (Å²) in [5.41, 5.74) is 0.835. The summed E-state index contributed by atoms with van der Waals surface area (Å²) in [7, 11) is 3.62. The smallest absolute Gasteiger partial charge is 0.260 e. The molecule has 7 nitrogen and oxygen atoms in total. The fraction of sp³-hybridized carbons (Fsp3) is 0.583. The summed E-state index contributed by atoms with van der Waals surface area (Å²) in [5.74, 6) is 1.72. The number of benzene rings is 1. The van der Waals surface area contributed by atoms with Crippen molar-refractivity contribution in [2.75, 3.05) is 46.9 Å². The van der Waals surface area contributed by atoms with E-state index in [0.29, 0.717) is 11.5 Å². The zero-order valence-corrected chi connectivity index (χ0v) is 20.2. The van der Waals surface area contributed by atoms with Crippen molar-refractivity contribution in [3.05, 3.63) is 29.8 Å². The first-order valence-electron chi connectivity index (χ1n) is 11.2. The van der Waals surface area contributed by atoms with E-state index in [1.54, 1.807) is 25.3 Å². The van der Waals surface area contributed by atoms with E-state index < -0.39 is 0 Å². The van der Waals surface area contributed by atoms with E-state index in [1.807, 2.05) is 17.0 Å².